The lowest BCUT2D eigenvalue weighted by atomic mass is 9.86. The van der Waals surface area contributed by atoms with Gasteiger partial charge in [-0.05, 0) is 45.0 Å². The van der Waals surface area contributed by atoms with E-state index in [1.807, 2.05) is 17.0 Å². The van der Waals surface area contributed by atoms with Gasteiger partial charge in [-0.25, -0.2) is 0 Å². The predicted molar refractivity (Wildman–Crippen MR) is 103 cm³/mol. The SMILES string of the molecule is CCN1CCC2(CCC1=O)CN(Cc1ccc(-c3ccn[nH]3)o1)CCN2C. The van der Waals surface area contributed by atoms with E-state index in [1.165, 1.54) is 0 Å². The number of furan rings is 1. The van der Waals surface area contributed by atoms with E-state index in [9.17, 15) is 4.79 Å². The number of hydrogen-bond donors (Lipinski definition) is 1. The van der Waals surface area contributed by atoms with Crippen LogP contribution in [0.25, 0.3) is 11.5 Å². The highest BCUT2D eigenvalue weighted by atomic mass is 16.3. The predicted octanol–water partition coefficient (Wildman–Crippen LogP) is 2.19. The molecule has 0 aromatic carbocycles. The zero-order chi connectivity index (χ0) is 18.9. The number of carbonyl (C=O) groups is 1. The minimum absolute atomic E-state index is 0.0800. The number of aromatic nitrogens is 2. The van der Waals surface area contributed by atoms with Gasteiger partial charge in [-0.3, -0.25) is 19.7 Å². The molecule has 27 heavy (non-hydrogen) atoms. The monoisotopic (exact) mass is 371 g/mol. The summed E-state index contributed by atoms with van der Waals surface area (Å²) in [7, 11) is 2.21. The fourth-order valence-corrected chi connectivity index (χ4v) is 4.47. The number of H-pyrrole nitrogens is 1. The van der Waals surface area contributed by atoms with Crippen molar-refractivity contribution in [3.63, 3.8) is 0 Å². The van der Waals surface area contributed by atoms with Crippen LogP contribution in [-0.4, -0.2) is 76.1 Å². The Balaban J connectivity index is 1.45. The molecule has 2 aliphatic heterocycles. The van der Waals surface area contributed by atoms with Gasteiger partial charge in [0.05, 0.1) is 6.54 Å². The summed E-state index contributed by atoms with van der Waals surface area (Å²) in [6, 6.07) is 5.96. The van der Waals surface area contributed by atoms with Gasteiger partial charge in [0.15, 0.2) is 5.76 Å². The number of likely N-dealkylation sites (N-methyl/N-ethyl adjacent to an activating group) is 1. The molecule has 0 aliphatic carbocycles. The van der Waals surface area contributed by atoms with Crippen LogP contribution in [0, 0.1) is 0 Å². The van der Waals surface area contributed by atoms with Gasteiger partial charge in [-0.1, -0.05) is 0 Å². The molecule has 146 valence electrons. The van der Waals surface area contributed by atoms with E-state index in [-0.39, 0.29) is 5.54 Å². The van der Waals surface area contributed by atoms with Crippen molar-refractivity contribution in [1.82, 2.24) is 24.9 Å². The van der Waals surface area contributed by atoms with E-state index in [0.717, 1.165) is 69.3 Å². The highest BCUT2D eigenvalue weighted by Crippen LogP contribution is 2.33. The Hall–Kier alpha value is -2.12. The summed E-state index contributed by atoms with van der Waals surface area (Å²) in [5.74, 6) is 2.10. The maximum absolute atomic E-state index is 12.3. The number of piperazine rings is 1. The number of amides is 1. The van der Waals surface area contributed by atoms with Crippen LogP contribution < -0.4 is 0 Å². The Labute approximate surface area is 160 Å². The summed E-state index contributed by atoms with van der Waals surface area (Å²) in [5, 5.41) is 6.93. The van der Waals surface area contributed by atoms with Gasteiger partial charge in [-0.15, -0.1) is 0 Å². The summed E-state index contributed by atoms with van der Waals surface area (Å²) in [4.78, 5) is 19.3. The molecule has 2 aromatic rings. The Bertz CT molecular complexity index is 771. The van der Waals surface area contributed by atoms with Crippen molar-refractivity contribution in [1.29, 1.82) is 0 Å². The van der Waals surface area contributed by atoms with Gasteiger partial charge in [0.25, 0.3) is 0 Å². The lowest BCUT2D eigenvalue weighted by Crippen LogP contribution is -2.60. The molecule has 0 saturated carbocycles. The number of nitrogens with zero attached hydrogens (tertiary/aromatic N) is 4. The third kappa shape index (κ3) is 3.66. The second-order valence-electron chi connectivity index (χ2n) is 7.82. The van der Waals surface area contributed by atoms with Crippen LogP contribution in [0.1, 0.15) is 31.9 Å². The fourth-order valence-electron chi connectivity index (χ4n) is 4.47. The third-order valence-corrected chi connectivity index (χ3v) is 6.27. The standard InChI is InChI=1S/C20H29N5O2/c1-3-25-11-9-20(8-6-19(25)26)15-24(13-12-23(20)2)14-16-4-5-18(27-16)17-7-10-21-22-17/h4-5,7,10H,3,6,8-9,11-15H2,1-2H3,(H,21,22). The highest BCUT2D eigenvalue weighted by Gasteiger charge is 2.42. The van der Waals surface area contributed by atoms with E-state index in [4.69, 9.17) is 4.42 Å². The van der Waals surface area contributed by atoms with Crippen molar-refractivity contribution < 1.29 is 9.21 Å². The van der Waals surface area contributed by atoms with Gasteiger partial charge >= 0.3 is 0 Å². The Morgan fingerprint density at radius 2 is 2.11 bits per heavy atom. The van der Waals surface area contributed by atoms with Crippen LogP contribution in [0.15, 0.2) is 28.8 Å². The first-order valence-electron chi connectivity index (χ1n) is 9.89. The van der Waals surface area contributed by atoms with Gasteiger partial charge in [0, 0.05) is 50.9 Å². The smallest absolute Gasteiger partial charge is 0.222 e. The number of rotatable bonds is 4. The summed E-state index contributed by atoms with van der Waals surface area (Å²) >= 11 is 0. The van der Waals surface area contributed by atoms with E-state index >= 15 is 0 Å². The van der Waals surface area contributed by atoms with Crippen LogP contribution in [0.4, 0.5) is 0 Å². The molecule has 7 nitrogen and oxygen atoms in total. The first-order valence-corrected chi connectivity index (χ1v) is 9.89. The first kappa shape index (κ1) is 18.3. The molecule has 1 amide bonds. The Kier molecular flexibility index (Phi) is 5.06. The number of hydrogen-bond acceptors (Lipinski definition) is 5. The second-order valence-corrected chi connectivity index (χ2v) is 7.82. The fraction of sp³-hybridized carbons (Fsp3) is 0.600. The maximum atomic E-state index is 12.3. The molecule has 0 radical (unpaired) electrons. The molecule has 1 unspecified atom stereocenters. The van der Waals surface area contributed by atoms with E-state index in [2.05, 4.69) is 40.0 Å². The Morgan fingerprint density at radius 1 is 1.22 bits per heavy atom. The van der Waals surface area contributed by atoms with Crippen LogP contribution >= 0.6 is 0 Å². The number of carbonyl (C=O) groups excluding carboxylic acids is 1. The van der Waals surface area contributed by atoms with Crippen molar-refractivity contribution in [3.05, 3.63) is 30.2 Å². The van der Waals surface area contributed by atoms with E-state index in [0.29, 0.717) is 12.3 Å². The topological polar surface area (TPSA) is 68.6 Å². The number of nitrogens with one attached hydrogen (secondary N) is 1. The molecule has 2 aliphatic rings. The Morgan fingerprint density at radius 3 is 2.89 bits per heavy atom. The van der Waals surface area contributed by atoms with Gasteiger partial charge in [0.2, 0.25) is 5.91 Å². The summed E-state index contributed by atoms with van der Waals surface area (Å²) in [5.41, 5.74) is 0.981. The molecule has 4 rings (SSSR count). The van der Waals surface area contributed by atoms with Crippen LogP contribution in [0.5, 0.6) is 0 Å². The largest absolute Gasteiger partial charge is 0.458 e. The summed E-state index contributed by atoms with van der Waals surface area (Å²) in [6.07, 6.45) is 4.36. The maximum Gasteiger partial charge on any atom is 0.222 e. The minimum Gasteiger partial charge on any atom is -0.458 e. The molecule has 1 atom stereocenters. The summed E-state index contributed by atoms with van der Waals surface area (Å²) in [6.45, 7) is 7.56. The van der Waals surface area contributed by atoms with Crippen molar-refractivity contribution >= 4 is 5.91 Å². The number of aromatic amines is 1. The average molecular weight is 371 g/mol. The average Bonchev–Trinajstić information content (AvgIpc) is 3.32. The molecule has 2 saturated heterocycles. The molecule has 4 heterocycles. The quantitative estimate of drug-likeness (QED) is 0.892. The van der Waals surface area contributed by atoms with Crippen molar-refractivity contribution in [2.75, 3.05) is 39.8 Å². The molecule has 7 heteroatoms. The molecule has 2 aromatic heterocycles. The van der Waals surface area contributed by atoms with Gasteiger partial charge < -0.3 is 9.32 Å². The number of likely N-dealkylation sites (tertiary alicyclic amines) is 1. The van der Waals surface area contributed by atoms with Crippen molar-refractivity contribution in [3.8, 4) is 11.5 Å². The normalized spacial score (nSPS) is 25.3. The lowest BCUT2D eigenvalue weighted by molar-refractivity contribution is -0.130. The van der Waals surface area contributed by atoms with Crippen molar-refractivity contribution in [2.24, 2.45) is 0 Å². The first-order chi connectivity index (χ1) is 13.1. The molecular formula is C20H29N5O2. The van der Waals surface area contributed by atoms with Crippen LogP contribution in [0.3, 0.4) is 0 Å². The summed E-state index contributed by atoms with van der Waals surface area (Å²) < 4.78 is 6.02. The molecule has 1 N–H and O–H groups in total. The van der Waals surface area contributed by atoms with E-state index in [1.54, 1.807) is 6.20 Å². The molecule has 2 fully saturated rings. The molecule has 1 spiro atoms. The van der Waals surface area contributed by atoms with Crippen molar-refractivity contribution in [2.45, 2.75) is 38.3 Å². The van der Waals surface area contributed by atoms with Gasteiger partial charge in [0.1, 0.15) is 11.5 Å². The van der Waals surface area contributed by atoms with Gasteiger partial charge in [-0.2, -0.15) is 5.10 Å². The zero-order valence-corrected chi connectivity index (χ0v) is 16.3. The second kappa shape index (κ2) is 7.48. The lowest BCUT2D eigenvalue weighted by Gasteiger charge is -2.49. The third-order valence-electron chi connectivity index (χ3n) is 6.27. The highest BCUT2D eigenvalue weighted by molar-refractivity contribution is 5.76. The molecular weight excluding hydrogens is 342 g/mol. The van der Waals surface area contributed by atoms with E-state index < -0.39 is 0 Å². The van der Waals surface area contributed by atoms with Crippen LogP contribution in [0.2, 0.25) is 0 Å². The minimum atomic E-state index is 0.0800. The zero-order valence-electron chi connectivity index (χ0n) is 16.3. The molecule has 0 bridgehead atoms. The van der Waals surface area contributed by atoms with Crippen LogP contribution in [-0.2, 0) is 11.3 Å².